The largest absolute Gasteiger partial charge is 0.387 e. The quantitative estimate of drug-likeness (QED) is 0.350. The molecule has 0 aliphatic carbocycles. The highest BCUT2D eigenvalue weighted by molar-refractivity contribution is 14.1. The SMILES string of the molecule is CNC(=O)C1OC(n2cnc3c(NC(=O)c4cccc(I)c4)ncnc32)C(O)C1O. The summed E-state index contributed by atoms with van der Waals surface area (Å²) in [6.07, 6.45) is -2.57. The van der Waals surface area contributed by atoms with Gasteiger partial charge in [-0.15, -0.1) is 0 Å². The van der Waals surface area contributed by atoms with Crippen LogP contribution < -0.4 is 10.6 Å². The number of aromatic nitrogens is 4. The van der Waals surface area contributed by atoms with E-state index in [2.05, 4.69) is 48.2 Å². The molecule has 1 aromatic carbocycles. The molecule has 4 unspecified atom stereocenters. The van der Waals surface area contributed by atoms with Gasteiger partial charge in [0.15, 0.2) is 29.3 Å². The summed E-state index contributed by atoms with van der Waals surface area (Å²) in [5.41, 5.74) is 0.987. The number of aliphatic hydroxyl groups excluding tert-OH is 2. The second-order valence-corrected chi connectivity index (χ2v) is 7.80. The van der Waals surface area contributed by atoms with Crippen LogP contribution in [0.4, 0.5) is 5.82 Å². The standard InChI is InChI=1S/C18H17IN6O5/c1-20-17(29)13-11(26)12(27)18(30-13)25-7-23-10-14(21-6-22-15(10)25)24-16(28)8-3-2-4-9(19)5-8/h2-7,11-13,18,26-27H,1H3,(H,20,29)(H,21,22,24,28). The first-order chi connectivity index (χ1) is 14.4. The number of halogens is 1. The Hall–Kier alpha value is -2.68. The van der Waals surface area contributed by atoms with Crippen molar-refractivity contribution in [2.24, 2.45) is 0 Å². The van der Waals surface area contributed by atoms with Crippen molar-refractivity contribution in [2.45, 2.75) is 24.5 Å². The second kappa shape index (κ2) is 8.22. The van der Waals surface area contributed by atoms with Gasteiger partial charge in [0.2, 0.25) is 0 Å². The Labute approximate surface area is 183 Å². The zero-order chi connectivity index (χ0) is 21.4. The predicted octanol–water partition coefficient (Wildman–Crippen LogP) is 0.0484. The minimum Gasteiger partial charge on any atom is -0.387 e. The summed E-state index contributed by atoms with van der Waals surface area (Å²) >= 11 is 2.11. The van der Waals surface area contributed by atoms with E-state index in [4.69, 9.17) is 4.74 Å². The Kier molecular flexibility index (Phi) is 5.64. The maximum Gasteiger partial charge on any atom is 0.256 e. The summed E-state index contributed by atoms with van der Waals surface area (Å²) in [6.45, 7) is 0. The average Bonchev–Trinajstić information content (AvgIpc) is 3.29. The van der Waals surface area contributed by atoms with E-state index in [0.29, 0.717) is 5.56 Å². The molecule has 1 saturated heterocycles. The molecule has 0 saturated carbocycles. The van der Waals surface area contributed by atoms with E-state index in [1.165, 1.54) is 24.3 Å². The fourth-order valence-corrected chi connectivity index (χ4v) is 3.73. The molecule has 1 fully saturated rings. The number of nitrogens with zero attached hydrogens (tertiary/aromatic N) is 4. The highest BCUT2D eigenvalue weighted by Crippen LogP contribution is 2.32. The number of anilines is 1. The fourth-order valence-electron chi connectivity index (χ4n) is 3.19. The number of imidazole rings is 1. The Morgan fingerprint density at radius 2 is 2.00 bits per heavy atom. The van der Waals surface area contributed by atoms with Gasteiger partial charge in [-0.3, -0.25) is 14.2 Å². The van der Waals surface area contributed by atoms with Gasteiger partial charge in [0.05, 0.1) is 6.33 Å². The van der Waals surface area contributed by atoms with Gasteiger partial charge in [-0.2, -0.15) is 0 Å². The molecule has 4 rings (SSSR count). The van der Waals surface area contributed by atoms with E-state index in [-0.39, 0.29) is 22.9 Å². The summed E-state index contributed by atoms with van der Waals surface area (Å²) < 4.78 is 7.85. The molecule has 3 heterocycles. The van der Waals surface area contributed by atoms with Crippen molar-refractivity contribution in [1.29, 1.82) is 0 Å². The van der Waals surface area contributed by atoms with Crippen LogP contribution in [-0.4, -0.2) is 66.9 Å². The van der Waals surface area contributed by atoms with E-state index in [0.717, 1.165) is 3.57 Å². The lowest BCUT2D eigenvalue weighted by atomic mass is 10.1. The van der Waals surface area contributed by atoms with Crippen molar-refractivity contribution in [1.82, 2.24) is 24.8 Å². The van der Waals surface area contributed by atoms with Crippen molar-refractivity contribution in [2.75, 3.05) is 12.4 Å². The molecule has 2 amide bonds. The van der Waals surface area contributed by atoms with E-state index in [9.17, 15) is 19.8 Å². The maximum atomic E-state index is 12.6. The third kappa shape index (κ3) is 3.62. The number of hydrogen-bond donors (Lipinski definition) is 4. The van der Waals surface area contributed by atoms with E-state index < -0.39 is 30.4 Å². The lowest BCUT2D eigenvalue weighted by Crippen LogP contribution is -2.41. The smallest absolute Gasteiger partial charge is 0.256 e. The number of rotatable bonds is 4. The number of hydrogen-bond acceptors (Lipinski definition) is 8. The third-order valence-electron chi connectivity index (χ3n) is 4.69. The molecule has 4 atom stereocenters. The first-order valence-corrected chi connectivity index (χ1v) is 9.96. The molecule has 12 heteroatoms. The van der Waals surface area contributed by atoms with Gasteiger partial charge in [0, 0.05) is 16.2 Å². The van der Waals surface area contributed by atoms with Gasteiger partial charge in [0.25, 0.3) is 11.8 Å². The molecule has 1 aliphatic rings. The maximum absolute atomic E-state index is 12.6. The minimum atomic E-state index is -1.42. The molecule has 1 aliphatic heterocycles. The zero-order valence-corrected chi connectivity index (χ0v) is 17.7. The van der Waals surface area contributed by atoms with Crippen molar-refractivity contribution >= 4 is 51.4 Å². The number of aliphatic hydroxyl groups is 2. The van der Waals surface area contributed by atoms with Gasteiger partial charge in [-0.1, -0.05) is 6.07 Å². The summed E-state index contributed by atoms with van der Waals surface area (Å²) in [4.78, 5) is 36.9. The van der Waals surface area contributed by atoms with Crippen molar-refractivity contribution in [3.05, 3.63) is 46.1 Å². The predicted molar refractivity (Wildman–Crippen MR) is 112 cm³/mol. The van der Waals surface area contributed by atoms with E-state index in [1.54, 1.807) is 18.2 Å². The van der Waals surface area contributed by atoms with Gasteiger partial charge >= 0.3 is 0 Å². The molecule has 11 nitrogen and oxygen atoms in total. The molecular weight excluding hydrogens is 507 g/mol. The first-order valence-electron chi connectivity index (χ1n) is 8.88. The molecule has 0 bridgehead atoms. The summed E-state index contributed by atoms with van der Waals surface area (Å²) in [5, 5.41) is 25.6. The first kappa shape index (κ1) is 20.6. The van der Waals surface area contributed by atoms with Crippen LogP contribution in [-0.2, 0) is 9.53 Å². The average molecular weight is 524 g/mol. The van der Waals surface area contributed by atoms with Crippen LogP contribution in [0.15, 0.2) is 36.9 Å². The lowest BCUT2D eigenvalue weighted by molar-refractivity contribution is -0.137. The number of nitrogens with one attached hydrogen (secondary N) is 2. The normalized spacial score (nSPS) is 23.5. The monoisotopic (exact) mass is 524 g/mol. The van der Waals surface area contributed by atoms with E-state index in [1.807, 2.05) is 6.07 Å². The molecule has 3 aromatic rings. The lowest BCUT2D eigenvalue weighted by Gasteiger charge is -2.16. The molecule has 2 aromatic heterocycles. The number of ether oxygens (including phenoxy) is 1. The van der Waals surface area contributed by atoms with Crippen LogP contribution >= 0.6 is 22.6 Å². The van der Waals surface area contributed by atoms with Crippen molar-refractivity contribution in [3.63, 3.8) is 0 Å². The minimum absolute atomic E-state index is 0.179. The number of benzene rings is 1. The molecule has 0 radical (unpaired) electrons. The number of likely N-dealkylation sites (N-methyl/N-ethyl adjacent to an activating group) is 1. The second-order valence-electron chi connectivity index (χ2n) is 6.55. The topological polar surface area (TPSA) is 151 Å². The molecule has 0 spiro atoms. The van der Waals surface area contributed by atoms with Crippen LogP contribution in [0.5, 0.6) is 0 Å². The van der Waals surface area contributed by atoms with Gasteiger partial charge in [-0.05, 0) is 40.8 Å². The van der Waals surface area contributed by atoms with E-state index >= 15 is 0 Å². The molecule has 4 N–H and O–H groups in total. The number of amides is 2. The van der Waals surface area contributed by atoms with Crippen LogP contribution in [0.2, 0.25) is 0 Å². The van der Waals surface area contributed by atoms with Gasteiger partial charge < -0.3 is 25.6 Å². The van der Waals surface area contributed by atoms with Crippen LogP contribution in [0.25, 0.3) is 11.2 Å². The highest BCUT2D eigenvalue weighted by atomic mass is 127. The fraction of sp³-hybridized carbons (Fsp3) is 0.278. The van der Waals surface area contributed by atoms with Crippen molar-refractivity contribution < 1.29 is 24.5 Å². The van der Waals surface area contributed by atoms with Gasteiger partial charge in [0.1, 0.15) is 18.5 Å². The summed E-state index contributed by atoms with van der Waals surface area (Å²) in [6, 6.07) is 7.05. The molecule has 30 heavy (non-hydrogen) atoms. The Morgan fingerprint density at radius 1 is 1.20 bits per heavy atom. The Balaban J connectivity index is 1.64. The number of carbonyl (C=O) groups excluding carboxylic acids is 2. The Morgan fingerprint density at radius 3 is 2.73 bits per heavy atom. The van der Waals surface area contributed by atoms with Crippen LogP contribution in [0.3, 0.4) is 0 Å². The third-order valence-corrected chi connectivity index (χ3v) is 5.37. The summed E-state index contributed by atoms with van der Waals surface area (Å²) in [5.74, 6) is -0.748. The number of fused-ring (bicyclic) bond motifs is 1. The van der Waals surface area contributed by atoms with Crippen LogP contribution in [0, 0.1) is 3.57 Å². The number of carbonyl (C=O) groups is 2. The molecular formula is C18H17IN6O5. The Bertz CT molecular complexity index is 1120. The van der Waals surface area contributed by atoms with Crippen LogP contribution in [0.1, 0.15) is 16.6 Å². The molecule has 156 valence electrons. The van der Waals surface area contributed by atoms with Gasteiger partial charge in [-0.25, -0.2) is 15.0 Å². The van der Waals surface area contributed by atoms with Crippen molar-refractivity contribution in [3.8, 4) is 0 Å². The highest BCUT2D eigenvalue weighted by Gasteiger charge is 2.47. The summed E-state index contributed by atoms with van der Waals surface area (Å²) in [7, 11) is 1.40. The zero-order valence-electron chi connectivity index (χ0n) is 15.6.